The van der Waals surface area contributed by atoms with E-state index in [1.54, 1.807) is 13.0 Å². The lowest BCUT2D eigenvalue weighted by molar-refractivity contribution is -0.385. The van der Waals surface area contributed by atoms with Crippen LogP contribution in [0.3, 0.4) is 0 Å². The molecule has 19 heavy (non-hydrogen) atoms. The van der Waals surface area contributed by atoms with Crippen LogP contribution in [-0.2, 0) is 4.74 Å². The number of carbonyl (C=O) groups is 1. The molecule has 0 bridgehead atoms. The first-order valence-corrected chi connectivity index (χ1v) is 6.25. The van der Waals surface area contributed by atoms with Crippen LogP contribution in [0, 0.1) is 16.0 Å². The summed E-state index contributed by atoms with van der Waals surface area (Å²) in [6.45, 7) is 3.97. The van der Waals surface area contributed by atoms with Crippen LogP contribution < -0.4 is 5.32 Å². The highest BCUT2D eigenvalue weighted by Crippen LogP contribution is 2.33. The number of benzene rings is 1. The van der Waals surface area contributed by atoms with Gasteiger partial charge in [-0.05, 0) is 31.4 Å². The van der Waals surface area contributed by atoms with E-state index < -0.39 is 10.9 Å². The van der Waals surface area contributed by atoms with Crippen molar-refractivity contribution < 1.29 is 14.5 Å². The summed E-state index contributed by atoms with van der Waals surface area (Å²) in [5.74, 6) is -0.0667. The van der Waals surface area contributed by atoms with Crippen LogP contribution in [0.25, 0.3) is 0 Å². The Balaban J connectivity index is 2.26. The van der Waals surface area contributed by atoms with Gasteiger partial charge in [-0.1, -0.05) is 6.92 Å². The van der Waals surface area contributed by atoms with E-state index in [9.17, 15) is 14.9 Å². The van der Waals surface area contributed by atoms with Gasteiger partial charge in [-0.2, -0.15) is 0 Å². The molecule has 102 valence electrons. The van der Waals surface area contributed by atoms with Gasteiger partial charge in [-0.25, -0.2) is 4.79 Å². The molecule has 0 heterocycles. The molecule has 2 rings (SSSR count). The Morgan fingerprint density at radius 2 is 2.26 bits per heavy atom. The van der Waals surface area contributed by atoms with Gasteiger partial charge < -0.3 is 10.1 Å². The number of anilines is 1. The van der Waals surface area contributed by atoms with Gasteiger partial charge in [0.2, 0.25) is 0 Å². The van der Waals surface area contributed by atoms with E-state index in [0.29, 0.717) is 17.6 Å². The number of carbonyl (C=O) groups excluding carboxylic acids is 1. The topological polar surface area (TPSA) is 81.5 Å². The number of esters is 1. The second-order valence-electron chi connectivity index (χ2n) is 4.67. The smallest absolute Gasteiger partial charge is 0.345 e. The summed E-state index contributed by atoms with van der Waals surface area (Å²) in [6, 6.07) is 4.82. The van der Waals surface area contributed by atoms with Crippen LogP contribution in [0.4, 0.5) is 11.4 Å². The first-order chi connectivity index (χ1) is 9.02. The lowest BCUT2D eigenvalue weighted by Gasteiger charge is -2.08. The molecule has 0 saturated heterocycles. The van der Waals surface area contributed by atoms with Crippen molar-refractivity contribution in [1.29, 1.82) is 0 Å². The fourth-order valence-corrected chi connectivity index (χ4v) is 1.89. The molecule has 0 spiro atoms. The molecule has 1 N–H and O–H groups in total. The van der Waals surface area contributed by atoms with Crippen molar-refractivity contribution in [3.63, 3.8) is 0 Å². The molecule has 1 aliphatic carbocycles. The number of ether oxygens (including phenoxy) is 1. The Kier molecular flexibility index (Phi) is 3.69. The van der Waals surface area contributed by atoms with Crippen molar-refractivity contribution in [3.8, 4) is 0 Å². The molecule has 1 aromatic rings. The van der Waals surface area contributed by atoms with Crippen LogP contribution in [0.5, 0.6) is 0 Å². The highest BCUT2D eigenvalue weighted by Gasteiger charge is 2.32. The summed E-state index contributed by atoms with van der Waals surface area (Å²) < 4.78 is 4.84. The first kappa shape index (κ1) is 13.3. The van der Waals surface area contributed by atoms with E-state index in [-0.39, 0.29) is 17.9 Å². The SMILES string of the molecule is CCOC(=O)c1cc(NC2CC2C)ccc1[N+](=O)[O-]. The Morgan fingerprint density at radius 3 is 2.79 bits per heavy atom. The van der Waals surface area contributed by atoms with Crippen molar-refractivity contribution >= 4 is 17.3 Å². The zero-order valence-corrected chi connectivity index (χ0v) is 10.9. The molecule has 0 amide bonds. The molecule has 0 aromatic heterocycles. The molecule has 0 radical (unpaired) electrons. The molecule has 1 saturated carbocycles. The third-order valence-electron chi connectivity index (χ3n) is 3.15. The van der Waals surface area contributed by atoms with Gasteiger partial charge in [0.05, 0.1) is 11.5 Å². The molecule has 6 heteroatoms. The van der Waals surface area contributed by atoms with E-state index >= 15 is 0 Å². The van der Waals surface area contributed by atoms with Crippen LogP contribution in [-0.4, -0.2) is 23.5 Å². The van der Waals surface area contributed by atoms with Crippen LogP contribution in [0.1, 0.15) is 30.6 Å². The van der Waals surface area contributed by atoms with Gasteiger partial charge in [0.1, 0.15) is 5.56 Å². The second kappa shape index (κ2) is 5.26. The third kappa shape index (κ3) is 3.01. The highest BCUT2D eigenvalue weighted by molar-refractivity contribution is 5.95. The average Bonchev–Trinajstić information content (AvgIpc) is 3.04. The predicted octanol–water partition coefficient (Wildman–Crippen LogP) is 2.59. The Bertz CT molecular complexity index is 515. The average molecular weight is 264 g/mol. The minimum Gasteiger partial charge on any atom is -0.462 e. The number of hydrogen-bond acceptors (Lipinski definition) is 5. The van der Waals surface area contributed by atoms with Crippen molar-refractivity contribution in [2.24, 2.45) is 5.92 Å². The Labute approximate surface area is 110 Å². The lowest BCUT2D eigenvalue weighted by atomic mass is 10.1. The Morgan fingerprint density at radius 1 is 1.58 bits per heavy atom. The van der Waals surface area contributed by atoms with Gasteiger partial charge >= 0.3 is 5.97 Å². The number of nitro benzene ring substituents is 1. The number of rotatable bonds is 5. The standard InChI is InChI=1S/C13H16N2O4/c1-3-19-13(16)10-7-9(14-11-6-8(11)2)4-5-12(10)15(17)18/h4-5,7-8,11,14H,3,6H2,1-2H3. The van der Waals surface area contributed by atoms with Gasteiger partial charge in [0.25, 0.3) is 5.69 Å². The lowest BCUT2D eigenvalue weighted by Crippen LogP contribution is -2.10. The van der Waals surface area contributed by atoms with E-state index in [0.717, 1.165) is 6.42 Å². The largest absolute Gasteiger partial charge is 0.462 e. The van der Waals surface area contributed by atoms with E-state index in [1.807, 2.05) is 0 Å². The van der Waals surface area contributed by atoms with Gasteiger partial charge in [0.15, 0.2) is 0 Å². The van der Waals surface area contributed by atoms with Gasteiger partial charge in [0, 0.05) is 17.8 Å². The van der Waals surface area contributed by atoms with E-state index in [2.05, 4.69) is 12.2 Å². The quantitative estimate of drug-likeness (QED) is 0.502. The zero-order valence-electron chi connectivity index (χ0n) is 10.9. The molecular weight excluding hydrogens is 248 g/mol. The summed E-state index contributed by atoms with van der Waals surface area (Å²) >= 11 is 0. The van der Waals surface area contributed by atoms with Crippen molar-refractivity contribution in [2.75, 3.05) is 11.9 Å². The molecular formula is C13H16N2O4. The number of nitrogens with one attached hydrogen (secondary N) is 1. The minimum absolute atomic E-state index is 0.00912. The third-order valence-corrected chi connectivity index (χ3v) is 3.15. The first-order valence-electron chi connectivity index (χ1n) is 6.25. The molecule has 1 fully saturated rings. The van der Waals surface area contributed by atoms with Crippen LogP contribution >= 0.6 is 0 Å². The van der Waals surface area contributed by atoms with Crippen LogP contribution in [0.2, 0.25) is 0 Å². The second-order valence-corrected chi connectivity index (χ2v) is 4.67. The highest BCUT2D eigenvalue weighted by atomic mass is 16.6. The molecule has 2 unspecified atom stereocenters. The fraction of sp³-hybridized carbons (Fsp3) is 0.462. The molecule has 1 aromatic carbocycles. The maximum Gasteiger partial charge on any atom is 0.345 e. The molecule has 2 atom stereocenters. The maximum atomic E-state index is 11.7. The fourth-order valence-electron chi connectivity index (χ4n) is 1.89. The molecule has 0 aliphatic heterocycles. The number of hydrogen-bond donors (Lipinski definition) is 1. The van der Waals surface area contributed by atoms with E-state index in [1.165, 1.54) is 12.1 Å². The van der Waals surface area contributed by atoms with Gasteiger partial charge in [-0.15, -0.1) is 0 Å². The minimum atomic E-state index is -0.665. The summed E-state index contributed by atoms with van der Waals surface area (Å²) in [7, 11) is 0. The normalized spacial score (nSPS) is 20.7. The van der Waals surface area contributed by atoms with Crippen LogP contribution in [0.15, 0.2) is 18.2 Å². The molecule has 6 nitrogen and oxygen atoms in total. The molecule has 1 aliphatic rings. The maximum absolute atomic E-state index is 11.7. The number of nitrogens with zero attached hydrogens (tertiary/aromatic N) is 1. The monoisotopic (exact) mass is 264 g/mol. The van der Waals surface area contributed by atoms with Crippen molar-refractivity contribution in [1.82, 2.24) is 0 Å². The summed E-state index contributed by atoms with van der Waals surface area (Å²) in [5.41, 5.74) is 0.473. The summed E-state index contributed by atoms with van der Waals surface area (Å²) in [6.07, 6.45) is 1.08. The Hall–Kier alpha value is -2.11. The van der Waals surface area contributed by atoms with Crippen molar-refractivity contribution in [2.45, 2.75) is 26.3 Å². The van der Waals surface area contributed by atoms with Gasteiger partial charge in [-0.3, -0.25) is 10.1 Å². The summed E-state index contributed by atoms with van der Waals surface area (Å²) in [5, 5.41) is 14.1. The van der Waals surface area contributed by atoms with E-state index in [4.69, 9.17) is 4.74 Å². The zero-order chi connectivity index (χ0) is 14.0. The summed E-state index contributed by atoms with van der Waals surface area (Å²) in [4.78, 5) is 22.1. The predicted molar refractivity (Wildman–Crippen MR) is 70.2 cm³/mol. The van der Waals surface area contributed by atoms with Crippen molar-refractivity contribution in [3.05, 3.63) is 33.9 Å². The number of nitro groups is 1.